The average Bonchev–Trinajstić information content (AvgIpc) is 3.13. The quantitative estimate of drug-likeness (QED) is 0.280. The van der Waals surface area contributed by atoms with Crippen LogP contribution in [0, 0.1) is 46.3 Å². The van der Waals surface area contributed by atoms with Crippen molar-refractivity contribution < 1.29 is 14.4 Å². The highest BCUT2D eigenvalue weighted by Crippen LogP contribution is 2.67. The van der Waals surface area contributed by atoms with Crippen LogP contribution in [0.25, 0.3) is 0 Å². The van der Waals surface area contributed by atoms with Gasteiger partial charge >= 0.3 is 6.09 Å². The van der Waals surface area contributed by atoms with Gasteiger partial charge in [0, 0.05) is 0 Å². The van der Waals surface area contributed by atoms with Crippen LogP contribution in [-0.4, -0.2) is 17.8 Å². The minimum absolute atomic E-state index is 0.0461. The van der Waals surface area contributed by atoms with Crippen LogP contribution in [0.3, 0.4) is 0 Å². The van der Waals surface area contributed by atoms with Gasteiger partial charge in [-0.1, -0.05) is 65.5 Å². The van der Waals surface area contributed by atoms with Crippen molar-refractivity contribution in [2.24, 2.45) is 46.3 Å². The molecule has 0 aromatic rings. The van der Waals surface area contributed by atoms with Crippen LogP contribution in [-0.2, 0) is 9.57 Å². The number of ether oxygens (including phenoxy) is 1. The van der Waals surface area contributed by atoms with Gasteiger partial charge in [-0.25, -0.2) is 4.79 Å². The minimum Gasteiger partial charge on any atom is -0.442 e. The molecular formula is C32H55NO3. The highest BCUT2D eigenvalue weighted by molar-refractivity contribution is 5.66. The van der Waals surface area contributed by atoms with Gasteiger partial charge < -0.3 is 4.74 Å². The van der Waals surface area contributed by atoms with E-state index in [2.05, 4.69) is 46.2 Å². The summed E-state index contributed by atoms with van der Waals surface area (Å²) in [6, 6.07) is 0. The van der Waals surface area contributed by atoms with Gasteiger partial charge in [-0.05, 0) is 118 Å². The Morgan fingerprint density at radius 2 is 1.81 bits per heavy atom. The first-order chi connectivity index (χ1) is 16.8. The van der Waals surface area contributed by atoms with Gasteiger partial charge in [0.25, 0.3) is 0 Å². The van der Waals surface area contributed by atoms with Gasteiger partial charge in [-0.3, -0.25) is 4.84 Å². The summed E-state index contributed by atoms with van der Waals surface area (Å²) in [6.45, 7) is 18.1. The van der Waals surface area contributed by atoms with E-state index in [9.17, 15) is 4.79 Å². The summed E-state index contributed by atoms with van der Waals surface area (Å²) >= 11 is 0. The van der Waals surface area contributed by atoms with E-state index in [-0.39, 0.29) is 6.10 Å². The first-order valence-corrected chi connectivity index (χ1v) is 15.2. The minimum atomic E-state index is -0.514. The highest BCUT2D eigenvalue weighted by Gasteiger charge is 2.59. The van der Waals surface area contributed by atoms with Crippen LogP contribution < -0.4 is 5.48 Å². The zero-order valence-electron chi connectivity index (χ0n) is 24.6. The predicted octanol–water partition coefficient (Wildman–Crippen LogP) is 8.85. The third kappa shape index (κ3) is 5.69. The molecule has 36 heavy (non-hydrogen) atoms. The van der Waals surface area contributed by atoms with Gasteiger partial charge in [0.1, 0.15) is 5.60 Å². The van der Waals surface area contributed by atoms with Crippen LogP contribution in [0.2, 0.25) is 0 Å². The van der Waals surface area contributed by atoms with Crippen LogP contribution in [0.15, 0.2) is 11.6 Å². The van der Waals surface area contributed by atoms with Crippen molar-refractivity contribution in [3.05, 3.63) is 11.6 Å². The largest absolute Gasteiger partial charge is 0.442 e. The Labute approximate surface area is 221 Å². The van der Waals surface area contributed by atoms with Crippen molar-refractivity contribution in [3.8, 4) is 0 Å². The maximum absolute atomic E-state index is 12.1. The molecule has 0 aliphatic heterocycles. The van der Waals surface area contributed by atoms with E-state index < -0.39 is 11.7 Å². The summed E-state index contributed by atoms with van der Waals surface area (Å²) in [7, 11) is 0. The summed E-state index contributed by atoms with van der Waals surface area (Å²) in [6.07, 6.45) is 16.4. The molecule has 4 heteroatoms. The SMILES string of the molecule is CC(C)CCC[C@@H](C)[C@H]1CC[C@H]2[C@@H]3CC=C4C[C@@H](ONC(=O)OC(C)(C)C)CC[C@]4(C)[C@H]3CC[C@]12C. The number of carbonyl (C=O) groups is 1. The number of hydroxylamine groups is 1. The molecule has 0 aromatic heterocycles. The van der Waals surface area contributed by atoms with Crippen molar-refractivity contribution in [2.75, 3.05) is 0 Å². The molecule has 0 unspecified atom stereocenters. The summed E-state index contributed by atoms with van der Waals surface area (Å²) in [5.41, 5.74) is 4.47. The maximum Gasteiger partial charge on any atom is 0.431 e. The Bertz CT molecular complexity index is 813. The third-order valence-electron chi connectivity index (χ3n) is 11.0. The number of nitrogens with one attached hydrogen (secondary N) is 1. The van der Waals surface area contributed by atoms with Crippen molar-refractivity contribution in [1.29, 1.82) is 0 Å². The zero-order chi connectivity index (χ0) is 26.3. The first-order valence-electron chi connectivity index (χ1n) is 15.2. The molecule has 4 nitrogen and oxygen atoms in total. The van der Waals surface area contributed by atoms with Crippen LogP contribution in [0.5, 0.6) is 0 Å². The van der Waals surface area contributed by atoms with E-state index in [1.165, 1.54) is 57.8 Å². The Kier molecular flexibility index (Phi) is 8.26. The van der Waals surface area contributed by atoms with Crippen molar-refractivity contribution >= 4 is 6.09 Å². The van der Waals surface area contributed by atoms with Crippen molar-refractivity contribution in [2.45, 2.75) is 138 Å². The van der Waals surface area contributed by atoms with Crippen molar-refractivity contribution in [1.82, 2.24) is 5.48 Å². The van der Waals surface area contributed by atoms with Crippen LogP contribution in [0.4, 0.5) is 4.79 Å². The van der Waals surface area contributed by atoms with Crippen molar-refractivity contribution in [3.63, 3.8) is 0 Å². The van der Waals surface area contributed by atoms with Gasteiger partial charge in [-0.2, -0.15) is 5.48 Å². The Morgan fingerprint density at radius 3 is 2.50 bits per heavy atom. The Balaban J connectivity index is 1.38. The summed E-state index contributed by atoms with van der Waals surface area (Å²) in [5, 5.41) is 0. The molecule has 0 bridgehead atoms. The number of allylic oxidation sites excluding steroid dienone is 1. The predicted molar refractivity (Wildman–Crippen MR) is 147 cm³/mol. The van der Waals surface area contributed by atoms with E-state index in [0.29, 0.717) is 10.8 Å². The molecule has 4 aliphatic rings. The number of hydrogen-bond donors (Lipinski definition) is 1. The van der Waals surface area contributed by atoms with E-state index >= 15 is 0 Å². The molecule has 1 N–H and O–H groups in total. The molecule has 0 heterocycles. The summed E-state index contributed by atoms with van der Waals surface area (Å²) in [5.74, 6) is 5.17. The number of rotatable bonds is 7. The molecular weight excluding hydrogens is 446 g/mol. The lowest BCUT2D eigenvalue weighted by molar-refractivity contribution is -0.0816. The molecule has 0 spiro atoms. The molecule has 8 atom stereocenters. The molecule has 1 amide bonds. The summed E-state index contributed by atoms with van der Waals surface area (Å²) in [4.78, 5) is 17.9. The lowest BCUT2D eigenvalue weighted by Gasteiger charge is -2.58. The monoisotopic (exact) mass is 501 g/mol. The molecule has 4 aliphatic carbocycles. The lowest BCUT2D eigenvalue weighted by atomic mass is 9.47. The van der Waals surface area contributed by atoms with Gasteiger partial charge in [0.2, 0.25) is 0 Å². The van der Waals surface area contributed by atoms with Gasteiger partial charge in [0.15, 0.2) is 0 Å². The Morgan fingerprint density at radius 1 is 1.06 bits per heavy atom. The molecule has 0 saturated heterocycles. The fraction of sp³-hybridized carbons (Fsp3) is 0.906. The average molecular weight is 502 g/mol. The molecule has 206 valence electrons. The zero-order valence-corrected chi connectivity index (χ0v) is 24.6. The second kappa shape index (κ2) is 10.6. The fourth-order valence-corrected chi connectivity index (χ4v) is 9.18. The molecule has 4 rings (SSSR count). The molecule has 3 saturated carbocycles. The standard InChI is InChI=1S/C32H55NO3/c1-21(2)10-9-11-22(3)26-14-15-27-25-13-12-23-20-24(36-33-29(34)35-30(4,5)6)16-18-31(23,7)28(25)17-19-32(26,27)8/h12,21-22,24-28H,9-11,13-20H2,1-8H3,(H,33,34)/t22-,24+,25+,26-,27+,28+,31+,32-/m1/s1. The van der Waals surface area contributed by atoms with Gasteiger partial charge in [-0.15, -0.1) is 0 Å². The fourth-order valence-electron chi connectivity index (χ4n) is 9.18. The smallest absolute Gasteiger partial charge is 0.431 e. The topological polar surface area (TPSA) is 47.6 Å². The second-order valence-electron chi connectivity index (χ2n) is 14.9. The third-order valence-corrected chi connectivity index (χ3v) is 11.0. The maximum atomic E-state index is 12.1. The van der Waals surface area contributed by atoms with Crippen LogP contribution >= 0.6 is 0 Å². The van der Waals surface area contributed by atoms with Crippen LogP contribution in [0.1, 0.15) is 126 Å². The Hall–Kier alpha value is -1.03. The highest BCUT2D eigenvalue weighted by atomic mass is 16.7. The first kappa shape index (κ1) is 28.0. The summed E-state index contributed by atoms with van der Waals surface area (Å²) < 4.78 is 5.34. The number of hydrogen-bond acceptors (Lipinski definition) is 3. The van der Waals surface area contributed by atoms with E-state index in [1.807, 2.05) is 20.8 Å². The lowest BCUT2D eigenvalue weighted by Crippen LogP contribution is -2.51. The van der Waals surface area contributed by atoms with Gasteiger partial charge in [0.05, 0.1) is 6.10 Å². The normalized spacial score (nSPS) is 39.0. The number of carbonyl (C=O) groups excluding carboxylic acids is 1. The van der Waals surface area contributed by atoms with E-state index in [0.717, 1.165) is 48.3 Å². The molecule has 0 radical (unpaired) electrons. The van der Waals surface area contributed by atoms with E-state index in [1.54, 1.807) is 5.57 Å². The second-order valence-corrected chi connectivity index (χ2v) is 14.9. The number of amides is 1. The molecule has 3 fully saturated rings. The molecule has 0 aromatic carbocycles. The van der Waals surface area contributed by atoms with E-state index in [4.69, 9.17) is 9.57 Å². The number of fused-ring (bicyclic) bond motifs is 5.